The van der Waals surface area contributed by atoms with Gasteiger partial charge in [-0.25, -0.2) is 4.79 Å². The molecule has 1 N–H and O–H groups in total. The zero-order chi connectivity index (χ0) is 20.7. The molecule has 2 unspecified atom stereocenters. The van der Waals surface area contributed by atoms with E-state index in [0.29, 0.717) is 5.56 Å². The third-order valence-corrected chi connectivity index (χ3v) is 4.05. The van der Waals surface area contributed by atoms with Gasteiger partial charge in [0, 0.05) is 6.92 Å². The van der Waals surface area contributed by atoms with Gasteiger partial charge >= 0.3 is 12.0 Å². The maximum atomic E-state index is 12.6. The lowest BCUT2D eigenvalue weighted by Crippen LogP contribution is -2.57. The average Bonchev–Trinajstić information content (AvgIpc) is 2.71. The molecule has 0 spiro atoms. The van der Waals surface area contributed by atoms with E-state index in [1.807, 2.05) is 6.07 Å². The lowest BCUT2D eigenvalue weighted by Gasteiger charge is -2.36. The first-order valence-corrected chi connectivity index (χ1v) is 8.40. The largest absolute Gasteiger partial charge is 0.481 e. The Bertz CT molecular complexity index is 807. The maximum absolute atomic E-state index is 12.6. The van der Waals surface area contributed by atoms with Gasteiger partial charge in [-0.1, -0.05) is 30.3 Å². The number of esters is 1. The normalized spacial score (nSPS) is 13.6. The molecule has 0 aliphatic carbocycles. The number of nitrogens with zero attached hydrogens (tertiary/aromatic N) is 2. The highest BCUT2D eigenvalue weighted by atomic mass is 16.6. The fourth-order valence-electron chi connectivity index (χ4n) is 2.70. The molecule has 0 fully saturated rings. The van der Waals surface area contributed by atoms with Crippen LogP contribution in [-0.2, 0) is 19.9 Å². The number of ether oxygens (including phenoxy) is 4. The number of hydrogen-bond acceptors (Lipinski definition) is 8. The van der Waals surface area contributed by atoms with Gasteiger partial charge in [0.05, 0.1) is 27.4 Å². The van der Waals surface area contributed by atoms with Gasteiger partial charge in [0.2, 0.25) is 23.8 Å². The van der Waals surface area contributed by atoms with E-state index in [4.69, 9.17) is 18.9 Å². The van der Waals surface area contributed by atoms with Gasteiger partial charge in [0.25, 0.3) is 0 Å². The molecule has 1 aromatic carbocycles. The number of carbonyl (C=O) groups excluding carboxylic acids is 2. The smallest absolute Gasteiger partial charge is 0.350 e. The van der Waals surface area contributed by atoms with Crippen molar-refractivity contribution in [2.45, 2.75) is 25.5 Å². The molecule has 9 heteroatoms. The van der Waals surface area contributed by atoms with Crippen molar-refractivity contribution >= 4 is 11.9 Å². The van der Waals surface area contributed by atoms with Gasteiger partial charge in [-0.05, 0) is 12.5 Å². The Balaban J connectivity index is 2.54. The van der Waals surface area contributed by atoms with Crippen LogP contribution in [-0.4, -0.2) is 49.3 Å². The van der Waals surface area contributed by atoms with Crippen LogP contribution in [0.4, 0.5) is 0 Å². The highest BCUT2D eigenvalue weighted by molar-refractivity contribution is 5.80. The van der Waals surface area contributed by atoms with E-state index >= 15 is 0 Å². The van der Waals surface area contributed by atoms with Crippen LogP contribution in [0.2, 0.25) is 0 Å². The summed E-state index contributed by atoms with van der Waals surface area (Å²) in [7, 11) is 4.08. The quantitative estimate of drug-likeness (QED) is 0.676. The van der Waals surface area contributed by atoms with Crippen molar-refractivity contribution in [3.05, 3.63) is 42.0 Å². The molecule has 1 amide bonds. The van der Waals surface area contributed by atoms with Crippen molar-refractivity contribution in [2.24, 2.45) is 0 Å². The molecule has 0 aliphatic heterocycles. The molecular weight excluding hydrogens is 366 g/mol. The van der Waals surface area contributed by atoms with Gasteiger partial charge < -0.3 is 24.3 Å². The summed E-state index contributed by atoms with van der Waals surface area (Å²) in [6, 6.07) is 10.2. The molecule has 0 saturated carbocycles. The molecular formula is C19H23N3O6. The van der Waals surface area contributed by atoms with E-state index in [1.165, 1.54) is 34.3 Å². The topological polar surface area (TPSA) is 109 Å². The average molecular weight is 389 g/mol. The Labute approximate surface area is 163 Å². The van der Waals surface area contributed by atoms with Crippen LogP contribution in [0.15, 0.2) is 36.4 Å². The SMILES string of the molecule is COC(=O)C(Oc1nc(OC)cc(OC)n1)C(C)(NC(C)=O)c1ccccc1. The number of aromatic nitrogens is 2. The van der Waals surface area contributed by atoms with Gasteiger partial charge in [-0.15, -0.1) is 0 Å². The highest BCUT2D eigenvalue weighted by Gasteiger charge is 2.45. The van der Waals surface area contributed by atoms with Crippen LogP contribution in [0.25, 0.3) is 0 Å². The number of amides is 1. The first kappa shape index (κ1) is 20.9. The van der Waals surface area contributed by atoms with Crippen LogP contribution >= 0.6 is 0 Å². The zero-order valence-corrected chi connectivity index (χ0v) is 16.4. The summed E-state index contributed by atoms with van der Waals surface area (Å²) in [6.45, 7) is 3.00. The Morgan fingerprint density at radius 2 is 1.61 bits per heavy atom. The van der Waals surface area contributed by atoms with E-state index in [9.17, 15) is 9.59 Å². The van der Waals surface area contributed by atoms with Crippen LogP contribution in [0, 0.1) is 0 Å². The minimum Gasteiger partial charge on any atom is -0.481 e. The summed E-state index contributed by atoms with van der Waals surface area (Å²) >= 11 is 0. The molecule has 2 rings (SSSR count). The summed E-state index contributed by atoms with van der Waals surface area (Å²) in [6.07, 6.45) is -1.29. The number of carbonyl (C=O) groups is 2. The molecule has 0 saturated heterocycles. The lowest BCUT2D eigenvalue weighted by atomic mass is 9.85. The summed E-state index contributed by atoms with van der Waals surface area (Å²) < 4.78 is 20.9. The first-order chi connectivity index (χ1) is 13.3. The first-order valence-electron chi connectivity index (χ1n) is 8.40. The summed E-state index contributed by atoms with van der Waals surface area (Å²) in [4.78, 5) is 32.7. The van der Waals surface area contributed by atoms with Gasteiger partial charge in [-0.2, -0.15) is 9.97 Å². The second-order valence-electron chi connectivity index (χ2n) is 6.01. The molecule has 0 radical (unpaired) electrons. The van der Waals surface area contributed by atoms with E-state index in [0.717, 1.165) is 0 Å². The third-order valence-electron chi connectivity index (χ3n) is 4.05. The fraction of sp³-hybridized carbons (Fsp3) is 0.368. The van der Waals surface area contributed by atoms with Crippen LogP contribution in [0.3, 0.4) is 0 Å². The molecule has 150 valence electrons. The minimum atomic E-state index is -1.29. The van der Waals surface area contributed by atoms with Gasteiger partial charge in [0.15, 0.2) is 0 Å². The Morgan fingerprint density at radius 3 is 2.07 bits per heavy atom. The van der Waals surface area contributed by atoms with Crippen molar-refractivity contribution < 1.29 is 28.5 Å². The van der Waals surface area contributed by atoms with Gasteiger partial charge in [0.1, 0.15) is 5.54 Å². The summed E-state index contributed by atoms with van der Waals surface area (Å²) in [5.74, 6) is -0.698. The maximum Gasteiger partial charge on any atom is 0.350 e. The molecule has 2 aromatic rings. The summed E-state index contributed by atoms with van der Waals surface area (Å²) in [5.41, 5.74) is -0.629. The van der Waals surface area contributed by atoms with E-state index < -0.39 is 17.6 Å². The van der Waals surface area contributed by atoms with E-state index in [-0.39, 0.29) is 23.7 Å². The van der Waals surface area contributed by atoms with Gasteiger partial charge in [-0.3, -0.25) is 4.79 Å². The number of benzene rings is 1. The van der Waals surface area contributed by atoms with Crippen molar-refractivity contribution in [3.63, 3.8) is 0 Å². The molecule has 2 atom stereocenters. The zero-order valence-electron chi connectivity index (χ0n) is 16.4. The van der Waals surface area contributed by atoms with Crippen molar-refractivity contribution in [1.29, 1.82) is 0 Å². The van der Waals surface area contributed by atoms with Crippen molar-refractivity contribution in [3.8, 4) is 17.8 Å². The number of methoxy groups -OCH3 is 3. The second-order valence-corrected chi connectivity index (χ2v) is 6.01. The highest BCUT2D eigenvalue weighted by Crippen LogP contribution is 2.29. The number of hydrogen-bond donors (Lipinski definition) is 1. The minimum absolute atomic E-state index is 0.167. The number of rotatable bonds is 8. The Hall–Kier alpha value is -3.36. The predicted molar refractivity (Wildman–Crippen MR) is 99.2 cm³/mol. The molecule has 0 aliphatic rings. The van der Waals surface area contributed by atoms with Crippen LogP contribution in [0.5, 0.6) is 17.8 Å². The molecule has 28 heavy (non-hydrogen) atoms. The standard InChI is InChI=1S/C19H23N3O6/c1-12(23)22-19(2,13-9-7-6-8-10-13)16(17(24)27-5)28-18-20-14(25-3)11-15(21-18)26-4/h6-11,16H,1-5H3,(H,22,23). The third kappa shape index (κ3) is 4.67. The van der Waals surface area contributed by atoms with Crippen LogP contribution in [0.1, 0.15) is 19.4 Å². The molecule has 0 bridgehead atoms. The molecule has 1 heterocycles. The Kier molecular flexibility index (Phi) is 6.75. The second kappa shape index (κ2) is 9.03. The van der Waals surface area contributed by atoms with Crippen LogP contribution < -0.4 is 19.5 Å². The monoisotopic (exact) mass is 389 g/mol. The summed E-state index contributed by atoms with van der Waals surface area (Å²) in [5, 5.41) is 2.78. The molecule has 1 aromatic heterocycles. The van der Waals surface area contributed by atoms with Crippen molar-refractivity contribution in [1.82, 2.24) is 15.3 Å². The number of nitrogens with one attached hydrogen (secondary N) is 1. The Morgan fingerprint density at radius 1 is 1.04 bits per heavy atom. The van der Waals surface area contributed by atoms with Crippen molar-refractivity contribution in [2.75, 3.05) is 21.3 Å². The lowest BCUT2D eigenvalue weighted by molar-refractivity contribution is -0.154. The fourth-order valence-corrected chi connectivity index (χ4v) is 2.70. The van der Waals surface area contributed by atoms with E-state index in [2.05, 4.69) is 15.3 Å². The predicted octanol–water partition coefficient (Wildman–Crippen LogP) is 1.47. The molecule has 9 nitrogen and oxygen atoms in total. The van der Waals surface area contributed by atoms with E-state index in [1.54, 1.807) is 31.2 Å².